The van der Waals surface area contributed by atoms with E-state index in [0.717, 1.165) is 0 Å². The molecule has 2 atom stereocenters. The summed E-state index contributed by atoms with van der Waals surface area (Å²) >= 11 is 0. The molecule has 0 aliphatic rings. The van der Waals surface area contributed by atoms with Gasteiger partial charge in [0.15, 0.2) is 0 Å². The second kappa shape index (κ2) is 5.24. The monoisotopic (exact) mass is 256 g/mol. The molecule has 0 aliphatic heterocycles. The van der Waals surface area contributed by atoms with Gasteiger partial charge in [0.1, 0.15) is 5.41 Å². The highest BCUT2D eigenvalue weighted by Gasteiger charge is 2.43. The fraction of sp³-hybridized carbons (Fsp3) is 0.188. The zero-order valence-electron chi connectivity index (χ0n) is 10.7. The average molecular weight is 256 g/mol. The maximum atomic E-state index is 11.7. The number of aliphatic carboxylic acids is 1. The Morgan fingerprint density at radius 1 is 1.00 bits per heavy atom. The first-order chi connectivity index (χ1) is 9.06. The van der Waals surface area contributed by atoms with Crippen LogP contribution in [0.3, 0.4) is 0 Å². The van der Waals surface area contributed by atoms with Crippen molar-refractivity contribution in [3.63, 3.8) is 0 Å². The van der Waals surface area contributed by atoms with Crippen molar-refractivity contribution in [1.29, 1.82) is 0 Å². The Labute approximate surface area is 112 Å². The third kappa shape index (κ3) is 2.37. The first-order valence-electron chi connectivity index (χ1n) is 6.08. The van der Waals surface area contributed by atoms with Crippen molar-refractivity contribution in [1.82, 2.24) is 0 Å². The molecule has 0 amide bonds. The summed E-state index contributed by atoms with van der Waals surface area (Å²) in [6.45, 7) is 1.54. The number of carboxylic acid groups (broad SMARTS) is 1. The van der Waals surface area contributed by atoms with E-state index >= 15 is 0 Å². The molecule has 0 aliphatic carbocycles. The standard InChI is InChI=1S/C16H16O3/c1-16(15(18)19,13-10-6-3-7-11-13)14(17)12-8-4-2-5-9-12/h2-11,14,17H,1H3,(H,18,19)/t14-,16+/m0/s1. The molecule has 2 aromatic rings. The van der Waals surface area contributed by atoms with Crippen LogP contribution in [0.5, 0.6) is 0 Å². The smallest absolute Gasteiger partial charge is 0.316 e. The van der Waals surface area contributed by atoms with Crippen LogP contribution in [0.2, 0.25) is 0 Å². The molecule has 0 saturated carbocycles. The summed E-state index contributed by atoms with van der Waals surface area (Å²) in [6.07, 6.45) is -1.10. The number of hydrogen-bond donors (Lipinski definition) is 2. The van der Waals surface area contributed by atoms with Crippen LogP contribution in [0.1, 0.15) is 24.2 Å². The minimum Gasteiger partial charge on any atom is -0.481 e. The third-order valence-corrected chi connectivity index (χ3v) is 3.48. The Kier molecular flexibility index (Phi) is 3.67. The van der Waals surface area contributed by atoms with Gasteiger partial charge in [-0.25, -0.2) is 0 Å². The highest BCUT2D eigenvalue weighted by Crippen LogP contribution is 2.37. The summed E-state index contributed by atoms with van der Waals surface area (Å²) in [5.74, 6) is -1.05. The molecule has 0 fully saturated rings. The summed E-state index contributed by atoms with van der Waals surface area (Å²) in [5, 5.41) is 20.0. The highest BCUT2D eigenvalue weighted by molar-refractivity contribution is 5.82. The molecule has 0 saturated heterocycles. The predicted molar refractivity (Wildman–Crippen MR) is 72.8 cm³/mol. The van der Waals surface area contributed by atoms with E-state index in [1.54, 1.807) is 55.5 Å². The van der Waals surface area contributed by atoms with Crippen LogP contribution >= 0.6 is 0 Å². The number of rotatable bonds is 4. The first kappa shape index (κ1) is 13.3. The lowest BCUT2D eigenvalue weighted by Gasteiger charge is -2.31. The molecule has 0 heterocycles. The van der Waals surface area contributed by atoms with Gasteiger partial charge in [0.05, 0.1) is 6.10 Å². The molecule has 3 heteroatoms. The first-order valence-corrected chi connectivity index (χ1v) is 6.08. The van der Waals surface area contributed by atoms with Gasteiger partial charge >= 0.3 is 5.97 Å². The second-order valence-corrected chi connectivity index (χ2v) is 4.69. The fourth-order valence-electron chi connectivity index (χ4n) is 2.15. The van der Waals surface area contributed by atoms with Crippen molar-refractivity contribution in [2.75, 3.05) is 0 Å². The Bertz CT molecular complexity index is 551. The van der Waals surface area contributed by atoms with E-state index in [2.05, 4.69) is 0 Å². The van der Waals surface area contributed by atoms with Gasteiger partial charge in [-0.1, -0.05) is 60.7 Å². The number of benzene rings is 2. The van der Waals surface area contributed by atoms with Gasteiger partial charge < -0.3 is 10.2 Å². The largest absolute Gasteiger partial charge is 0.481 e. The van der Waals surface area contributed by atoms with Crippen LogP contribution in [0.25, 0.3) is 0 Å². The summed E-state index contributed by atoms with van der Waals surface area (Å²) in [6, 6.07) is 17.7. The van der Waals surface area contributed by atoms with Gasteiger partial charge in [-0.2, -0.15) is 0 Å². The van der Waals surface area contributed by atoms with E-state index < -0.39 is 17.5 Å². The van der Waals surface area contributed by atoms with Crippen molar-refractivity contribution < 1.29 is 15.0 Å². The van der Waals surface area contributed by atoms with Gasteiger partial charge in [0.2, 0.25) is 0 Å². The molecular weight excluding hydrogens is 240 g/mol. The van der Waals surface area contributed by atoms with Crippen molar-refractivity contribution in [2.24, 2.45) is 0 Å². The Hall–Kier alpha value is -2.13. The van der Waals surface area contributed by atoms with Crippen molar-refractivity contribution >= 4 is 5.97 Å². The Morgan fingerprint density at radius 3 is 1.95 bits per heavy atom. The summed E-state index contributed by atoms with van der Waals surface area (Å²) in [7, 11) is 0. The SMILES string of the molecule is C[C@@](C(=O)O)(c1ccccc1)[C@@H](O)c1ccccc1. The van der Waals surface area contributed by atoms with Crippen LogP contribution in [0.4, 0.5) is 0 Å². The summed E-state index contributed by atoms with van der Waals surface area (Å²) in [5.41, 5.74) is -0.196. The molecule has 0 aromatic heterocycles. The molecule has 2 N–H and O–H groups in total. The van der Waals surface area contributed by atoms with E-state index in [-0.39, 0.29) is 0 Å². The van der Waals surface area contributed by atoms with Crippen LogP contribution in [-0.4, -0.2) is 16.2 Å². The zero-order valence-corrected chi connectivity index (χ0v) is 10.7. The predicted octanol–water partition coefficient (Wildman–Crippen LogP) is 2.76. The van der Waals surface area contributed by atoms with E-state index in [0.29, 0.717) is 11.1 Å². The lowest BCUT2D eigenvalue weighted by Crippen LogP contribution is -2.38. The van der Waals surface area contributed by atoms with Gasteiger partial charge in [-0.05, 0) is 18.1 Å². The van der Waals surface area contributed by atoms with Gasteiger partial charge in [0, 0.05) is 0 Å². The van der Waals surface area contributed by atoms with E-state index in [1.165, 1.54) is 0 Å². The van der Waals surface area contributed by atoms with Crippen LogP contribution < -0.4 is 0 Å². The number of aliphatic hydroxyl groups is 1. The van der Waals surface area contributed by atoms with Crippen molar-refractivity contribution in [2.45, 2.75) is 18.4 Å². The van der Waals surface area contributed by atoms with Crippen molar-refractivity contribution in [3.05, 3.63) is 71.8 Å². The normalized spacial score (nSPS) is 15.5. The molecule has 0 spiro atoms. The van der Waals surface area contributed by atoms with E-state index in [1.807, 2.05) is 12.1 Å². The number of hydrogen-bond acceptors (Lipinski definition) is 2. The number of carbonyl (C=O) groups is 1. The molecule has 0 radical (unpaired) electrons. The Balaban J connectivity index is 2.49. The second-order valence-electron chi connectivity index (χ2n) is 4.69. The quantitative estimate of drug-likeness (QED) is 0.884. The fourth-order valence-corrected chi connectivity index (χ4v) is 2.15. The number of carboxylic acids is 1. The molecule has 2 aromatic carbocycles. The topological polar surface area (TPSA) is 57.5 Å². The van der Waals surface area contributed by atoms with Gasteiger partial charge in [-0.3, -0.25) is 4.79 Å². The molecule has 0 unspecified atom stereocenters. The van der Waals surface area contributed by atoms with E-state index in [9.17, 15) is 15.0 Å². The highest BCUT2D eigenvalue weighted by atomic mass is 16.4. The molecule has 0 bridgehead atoms. The molecule has 3 nitrogen and oxygen atoms in total. The zero-order chi connectivity index (χ0) is 13.9. The van der Waals surface area contributed by atoms with Gasteiger partial charge in [0.25, 0.3) is 0 Å². The summed E-state index contributed by atoms with van der Waals surface area (Å²) in [4.78, 5) is 11.7. The molecule has 98 valence electrons. The molecular formula is C16H16O3. The summed E-state index contributed by atoms with van der Waals surface area (Å²) < 4.78 is 0. The van der Waals surface area contributed by atoms with Crippen molar-refractivity contribution in [3.8, 4) is 0 Å². The molecule has 19 heavy (non-hydrogen) atoms. The van der Waals surface area contributed by atoms with Crippen LogP contribution in [-0.2, 0) is 10.2 Å². The average Bonchev–Trinajstić information content (AvgIpc) is 2.47. The lowest BCUT2D eigenvalue weighted by molar-refractivity contribution is -0.148. The lowest BCUT2D eigenvalue weighted by atomic mass is 9.75. The van der Waals surface area contributed by atoms with Crippen LogP contribution in [0, 0.1) is 0 Å². The minimum atomic E-state index is -1.37. The Morgan fingerprint density at radius 2 is 1.47 bits per heavy atom. The van der Waals surface area contributed by atoms with Crippen LogP contribution in [0.15, 0.2) is 60.7 Å². The molecule has 2 rings (SSSR count). The minimum absolute atomic E-state index is 0.582. The van der Waals surface area contributed by atoms with E-state index in [4.69, 9.17) is 0 Å². The maximum absolute atomic E-state index is 11.7. The number of aliphatic hydroxyl groups excluding tert-OH is 1. The third-order valence-electron chi connectivity index (χ3n) is 3.48. The van der Waals surface area contributed by atoms with Gasteiger partial charge in [-0.15, -0.1) is 0 Å². The maximum Gasteiger partial charge on any atom is 0.316 e.